The Morgan fingerprint density at radius 2 is 1.41 bits per heavy atom. The van der Waals surface area contributed by atoms with Crippen molar-refractivity contribution in [1.29, 1.82) is 0 Å². The summed E-state index contributed by atoms with van der Waals surface area (Å²) in [6.07, 6.45) is 17.9. The normalized spacial score (nSPS) is 34.7. The molecule has 2 rings (SSSR count). The molecule has 2 bridgehead atoms. The second-order valence-corrected chi connectivity index (χ2v) is 9.70. The molecule has 3 heteroatoms. The fourth-order valence-corrected chi connectivity index (χ4v) is 6.64. The van der Waals surface area contributed by atoms with Crippen molar-refractivity contribution >= 4 is 10.8 Å². The number of aliphatic hydroxyl groups is 1. The van der Waals surface area contributed by atoms with Crippen LogP contribution in [-0.2, 0) is 10.8 Å². The predicted octanol–water partition coefficient (Wildman–Crippen LogP) is 5.10. The molecule has 2 atom stereocenters. The van der Waals surface area contributed by atoms with Crippen LogP contribution in [0.1, 0.15) is 103 Å². The summed E-state index contributed by atoms with van der Waals surface area (Å²) in [5.74, 6) is 0. The van der Waals surface area contributed by atoms with Crippen LogP contribution in [0, 0.1) is 0 Å². The molecule has 2 unspecified atom stereocenters. The van der Waals surface area contributed by atoms with Crippen LogP contribution < -0.4 is 0 Å². The van der Waals surface area contributed by atoms with Gasteiger partial charge in [-0.05, 0) is 32.1 Å². The largest absolute Gasteiger partial charge is 0.390 e. The van der Waals surface area contributed by atoms with Crippen LogP contribution in [0.3, 0.4) is 0 Å². The third kappa shape index (κ3) is 5.63. The molecule has 1 N–H and O–H groups in total. The highest BCUT2D eigenvalue weighted by Gasteiger charge is 2.44. The standard InChI is InChI=1S/C19H36O2S/c1-2-3-4-5-6-7-8-9-10-14-19(20)15-17-12-11-13-18(16-19)22(17)21/h17-18,20H,2-16H2,1H3. The van der Waals surface area contributed by atoms with Crippen molar-refractivity contribution in [1.82, 2.24) is 0 Å². The first kappa shape index (κ1) is 18.4. The van der Waals surface area contributed by atoms with Gasteiger partial charge in [0, 0.05) is 21.3 Å². The maximum Gasteiger partial charge on any atom is 0.0670 e. The van der Waals surface area contributed by atoms with Gasteiger partial charge in [-0.3, -0.25) is 4.21 Å². The predicted molar refractivity (Wildman–Crippen MR) is 95.6 cm³/mol. The van der Waals surface area contributed by atoms with Crippen molar-refractivity contribution in [3.63, 3.8) is 0 Å². The van der Waals surface area contributed by atoms with E-state index in [1.165, 1.54) is 57.8 Å². The fourth-order valence-electron chi connectivity index (χ4n) is 4.35. The Bertz CT molecular complexity index is 326. The molecule has 2 heterocycles. The van der Waals surface area contributed by atoms with Gasteiger partial charge < -0.3 is 5.11 Å². The molecule has 130 valence electrons. The van der Waals surface area contributed by atoms with Crippen LogP contribution in [0.4, 0.5) is 0 Å². The Morgan fingerprint density at radius 3 is 1.95 bits per heavy atom. The van der Waals surface area contributed by atoms with Crippen molar-refractivity contribution < 1.29 is 9.32 Å². The van der Waals surface area contributed by atoms with Gasteiger partial charge in [-0.15, -0.1) is 0 Å². The lowest BCUT2D eigenvalue weighted by Crippen LogP contribution is -2.48. The summed E-state index contributed by atoms with van der Waals surface area (Å²) in [6.45, 7) is 2.26. The van der Waals surface area contributed by atoms with Gasteiger partial charge in [-0.2, -0.15) is 0 Å². The van der Waals surface area contributed by atoms with E-state index in [0.717, 1.165) is 38.5 Å². The van der Waals surface area contributed by atoms with E-state index >= 15 is 0 Å². The maximum atomic E-state index is 12.2. The highest BCUT2D eigenvalue weighted by atomic mass is 32.2. The van der Waals surface area contributed by atoms with E-state index in [4.69, 9.17) is 0 Å². The number of hydrogen-bond acceptors (Lipinski definition) is 2. The van der Waals surface area contributed by atoms with Gasteiger partial charge in [0.05, 0.1) is 5.60 Å². The zero-order valence-electron chi connectivity index (χ0n) is 14.5. The molecule has 0 aromatic rings. The van der Waals surface area contributed by atoms with Crippen LogP contribution >= 0.6 is 0 Å². The third-order valence-corrected chi connectivity index (χ3v) is 7.79. The average molecular weight is 329 g/mol. The molecule has 22 heavy (non-hydrogen) atoms. The van der Waals surface area contributed by atoms with Gasteiger partial charge in [0.1, 0.15) is 0 Å². The molecule has 0 aliphatic carbocycles. The Labute approximate surface area is 139 Å². The molecular weight excluding hydrogens is 292 g/mol. The second kappa shape index (κ2) is 9.42. The summed E-state index contributed by atoms with van der Waals surface area (Å²) in [5.41, 5.74) is -0.495. The lowest BCUT2D eigenvalue weighted by atomic mass is 9.82. The Morgan fingerprint density at radius 1 is 0.909 bits per heavy atom. The highest BCUT2D eigenvalue weighted by molar-refractivity contribution is 7.86. The molecule has 0 radical (unpaired) electrons. The quantitative estimate of drug-likeness (QED) is 0.566. The van der Waals surface area contributed by atoms with Crippen LogP contribution in [0.25, 0.3) is 0 Å². The molecule has 0 aromatic carbocycles. The minimum Gasteiger partial charge on any atom is -0.390 e. The summed E-state index contributed by atoms with van der Waals surface area (Å²) >= 11 is 0. The molecule has 2 aliphatic rings. The van der Waals surface area contributed by atoms with E-state index in [1.54, 1.807) is 0 Å². The first-order chi connectivity index (χ1) is 10.6. The van der Waals surface area contributed by atoms with Crippen LogP contribution in [0.15, 0.2) is 0 Å². The van der Waals surface area contributed by atoms with E-state index in [1.807, 2.05) is 0 Å². The molecule has 0 spiro atoms. The third-order valence-electron chi connectivity index (χ3n) is 5.67. The summed E-state index contributed by atoms with van der Waals surface area (Å²) in [4.78, 5) is 0. The van der Waals surface area contributed by atoms with E-state index in [-0.39, 0.29) is 10.5 Å². The minimum atomic E-state index is -0.657. The van der Waals surface area contributed by atoms with Crippen LogP contribution in [0.5, 0.6) is 0 Å². The number of hydrogen-bond donors (Lipinski definition) is 1. The molecule has 2 nitrogen and oxygen atoms in total. The van der Waals surface area contributed by atoms with Crippen molar-refractivity contribution in [2.75, 3.05) is 0 Å². The summed E-state index contributed by atoms with van der Waals surface area (Å²) in [7, 11) is -0.657. The molecule has 2 saturated heterocycles. The first-order valence-electron chi connectivity index (χ1n) is 9.76. The zero-order chi connectivity index (χ0) is 15.8. The second-order valence-electron chi connectivity index (χ2n) is 7.71. The Kier molecular flexibility index (Phi) is 7.90. The van der Waals surface area contributed by atoms with E-state index in [0.29, 0.717) is 0 Å². The van der Waals surface area contributed by atoms with Gasteiger partial charge in [0.15, 0.2) is 0 Å². The number of unbranched alkanes of at least 4 members (excludes halogenated alkanes) is 8. The van der Waals surface area contributed by atoms with Gasteiger partial charge >= 0.3 is 0 Å². The highest BCUT2D eigenvalue weighted by Crippen LogP contribution is 2.41. The van der Waals surface area contributed by atoms with E-state index in [9.17, 15) is 9.32 Å². The molecule has 0 saturated carbocycles. The van der Waals surface area contributed by atoms with Gasteiger partial charge in [-0.25, -0.2) is 0 Å². The zero-order valence-corrected chi connectivity index (χ0v) is 15.3. The molecule has 0 aromatic heterocycles. The first-order valence-corrected chi connectivity index (χ1v) is 11.0. The SMILES string of the molecule is CCCCCCCCCCCC1(O)CC2CCCC(C1)S2=O. The average Bonchev–Trinajstić information content (AvgIpc) is 2.48. The summed E-state index contributed by atoms with van der Waals surface area (Å²) < 4.78 is 12.2. The van der Waals surface area contributed by atoms with Crippen molar-refractivity contribution in [2.24, 2.45) is 0 Å². The fraction of sp³-hybridized carbons (Fsp3) is 1.00. The monoisotopic (exact) mass is 328 g/mol. The number of rotatable bonds is 10. The Hall–Kier alpha value is 0.110. The van der Waals surface area contributed by atoms with Crippen molar-refractivity contribution in [3.05, 3.63) is 0 Å². The minimum absolute atomic E-state index is 0.288. The lowest BCUT2D eigenvalue weighted by molar-refractivity contribution is 0.000871. The van der Waals surface area contributed by atoms with E-state index in [2.05, 4.69) is 6.92 Å². The molecule has 0 amide bonds. The maximum absolute atomic E-state index is 12.2. The van der Waals surface area contributed by atoms with Crippen molar-refractivity contribution in [2.45, 2.75) is 119 Å². The summed E-state index contributed by atoms with van der Waals surface area (Å²) in [5, 5.41) is 11.4. The van der Waals surface area contributed by atoms with Crippen molar-refractivity contribution in [3.8, 4) is 0 Å². The Balaban J connectivity index is 1.56. The van der Waals surface area contributed by atoms with Gasteiger partial charge in [0.2, 0.25) is 0 Å². The molecule has 2 fully saturated rings. The topological polar surface area (TPSA) is 37.3 Å². The number of fused-ring (bicyclic) bond motifs is 2. The summed E-state index contributed by atoms with van der Waals surface area (Å²) in [6, 6.07) is 0. The van der Waals surface area contributed by atoms with Gasteiger partial charge in [-0.1, -0.05) is 71.1 Å². The van der Waals surface area contributed by atoms with Crippen LogP contribution in [-0.4, -0.2) is 25.4 Å². The molecule has 2 aliphatic heterocycles. The molecular formula is C19H36O2S. The lowest BCUT2D eigenvalue weighted by Gasteiger charge is -2.43. The van der Waals surface area contributed by atoms with Gasteiger partial charge in [0.25, 0.3) is 0 Å². The smallest absolute Gasteiger partial charge is 0.0670 e. The van der Waals surface area contributed by atoms with Crippen LogP contribution in [0.2, 0.25) is 0 Å². The van der Waals surface area contributed by atoms with E-state index < -0.39 is 16.4 Å².